The molecule has 0 spiro atoms. The third kappa shape index (κ3) is 2.55. The summed E-state index contributed by atoms with van der Waals surface area (Å²) < 4.78 is 11.0. The molecule has 0 saturated carbocycles. The molecule has 0 aliphatic carbocycles. The molecule has 2 aliphatic heterocycles. The van der Waals surface area contributed by atoms with Crippen LogP contribution in [0.3, 0.4) is 0 Å². The number of rotatable bonds is 4. The first-order valence-electron chi connectivity index (χ1n) is 6.64. The van der Waals surface area contributed by atoms with Crippen molar-refractivity contribution in [3.05, 3.63) is 42.0 Å². The number of methoxy groups -OCH3 is 1. The Balaban J connectivity index is 1.61. The largest absolute Gasteiger partial charge is 0.497 e. The maximum absolute atomic E-state index is 11.8. The average Bonchev–Trinajstić information content (AvgIpc) is 2.83. The molecule has 1 aromatic rings. The van der Waals surface area contributed by atoms with Crippen molar-refractivity contribution in [2.75, 3.05) is 13.7 Å². The first-order valence-corrected chi connectivity index (χ1v) is 6.64. The number of fused-ring (bicyclic) bond motifs is 1. The number of hydroxylamine groups is 2. The normalized spacial score (nSPS) is 24.9. The summed E-state index contributed by atoms with van der Waals surface area (Å²) in [4.78, 5) is 17.1. The third-order valence-corrected chi connectivity index (χ3v) is 3.54. The van der Waals surface area contributed by atoms with E-state index < -0.39 is 0 Å². The molecule has 2 heterocycles. The molecule has 0 bridgehead atoms. The van der Waals surface area contributed by atoms with Crippen molar-refractivity contribution < 1.29 is 19.1 Å². The summed E-state index contributed by atoms with van der Waals surface area (Å²) in [6.45, 7) is 0.924. The molecule has 0 aromatic heterocycles. The maximum Gasteiger partial charge on any atom is 0.249 e. The summed E-state index contributed by atoms with van der Waals surface area (Å²) in [5.74, 6) is 0.804. The van der Waals surface area contributed by atoms with E-state index in [2.05, 4.69) is 0 Å². The predicted octanol–water partition coefficient (Wildman–Crippen LogP) is 1.68. The second-order valence-electron chi connectivity index (χ2n) is 4.84. The lowest BCUT2D eigenvalue weighted by atomic mass is 10.1. The summed E-state index contributed by atoms with van der Waals surface area (Å²) in [6.07, 6.45) is 4.11. The molecule has 5 nitrogen and oxygen atoms in total. The Morgan fingerprint density at radius 2 is 2.15 bits per heavy atom. The van der Waals surface area contributed by atoms with Crippen LogP contribution in [0.1, 0.15) is 12.0 Å². The molecule has 5 heteroatoms. The van der Waals surface area contributed by atoms with Crippen molar-refractivity contribution >= 4 is 5.91 Å². The Bertz CT molecular complexity index is 511. The highest BCUT2D eigenvalue weighted by Gasteiger charge is 2.41. The molecule has 0 unspecified atom stereocenters. The van der Waals surface area contributed by atoms with Crippen LogP contribution in [0.25, 0.3) is 0 Å². The Labute approximate surface area is 117 Å². The van der Waals surface area contributed by atoms with Gasteiger partial charge in [-0.1, -0.05) is 24.3 Å². The molecule has 1 saturated heterocycles. The fourth-order valence-electron chi connectivity index (χ4n) is 2.46. The first kappa shape index (κ1) is 13.1. The topological polar surface area (TPSA) is 48.0 Å². The molecule has 0 radical (unpaired) electrons. The van der Waals surface area contributed by atoms with Crippen molar-refractivity contribution in [1.29, 1.82) is 0 Å². The van der Waals surface area contributed by atoms with Crippen LogP contribution in [-0.4, -0.2) is 36.8 Å². The van der Waals surface area contributed by atoms with Crippen LogP contribution in [0.5, 0.6) is 5.75 Å². The molecule has 1 aromatic carbocycles. The summed E-state index contributed by atoms with van der Waals surface area (Å²) in [5.41, 5.74) is 1.05. The van der Waals surface area contributed by atoms with Crippen molar-refractivity contribution in [1.82, 2.24) is 5.06 Å². The maximum atomic E-state index is 11.8. The van der Waals surface area contributed by atoms with Gasteiger partial charge in [-0.3, -0.25) is 9.63 Å². The van der Waals surface area contributed by atoms with E-state index in [1.54, 1.807) is 7.11 Å². The fraction of sp³-hybridized carbons (Fsp3) is 0.400. The molecule has 106 valence electrons. The van der Waals surface area contributed by atoms with E-state index in [4.69, 9.17) is 14.3 Å². The highest BCUT2D eigenvalue weighted by atomic mass is 16.7. The number of carbonyl (C=O) groups is 1. The van der Waals surface area contributed by atoms with Crippen LogP contribution in [0, 0.1) is 0 Å². The number of carbonyl (C=O) groups excluding carboxylic acids is 1. The smallest absolute Gasteiger partial charge is 0.249 e. The number of hydrogen-bond donors (Lipinski definition) is 0. The lowest BCUT2D eigenvalue weighted by Gasteiger charge is -2.27. The Morgan fingerprint density at radius 1 is 1.35 bits per heavy atom. The van der Waals surface area contributed by atoms with Crippen LogP contribution in [0.15, 0.2) is 36.4 Å². The number of hydrogen-bond acceptors (Lipinski definition) is 4. The van der Waals surface area contributed by atoms with Gasteiger partial charge in [0.1, 0.15) is 11.8 Å². The molecule has 2 aliphatic rings. The molecular weight excluding hydrogens is 258 g/mol. The lowest BCUT2D eigenvalue weighted by molar-refractivity contribution is -0.187. The molecular formula is C15H17NO4. The zero-order valence-corrected chi connectivity index (χ0v) is 11.3. The van der Waals surface area contributed by atoms with Crippen LogP contribution in [0.2, 0.25) is 0 Å². The molecule has 2 atom stereocenters. The van der Waals surface area contributed by atoms with Crippen molar-refractivity contribution in [2.45, 2.75) is 25.2 Å². The molecule has 3 rings (SSSR count). The zero-order valence-electron chi connectivity index (χ0n) is 11.3. The third-order valence-electron chi connectivity index (χ3n) is 3.54. The minimum absolute atomic E-state index is 0.0147. The van der Waals surface area contributed by atoms with E-state index in [0.717, 1.165) is 11.3 Å². The van der Waals surface area contributed by atoms with Crippen molar-refractivity contribution in [3.63, 3.8) is 0 Å². The number of ether oxygens (including phenoxy) is 2. The van der Waals surface area contributed by atoms with Gasteiger partial charge in [-0.25, -0.2) is 5.06 Å². The zero-order chi connectivity index (χ0) is 13.9. The standard InChI is InChI=1S/C15H17NO4/c1-18-12-6-4-11(5-7-12)10-19-14-9-15(17)16-13(14)3-2-8-20-16/h2-7,13-14H,8-10H2,1H3/t13-,14+/m1/s1. The molecule has 0 N–H and O–H groups in total. The summed E-state index contributed by atoms with van der Waals surface area (Å²) in [6, 6.07) is 7.61. The second-order valence-corrected chi connectivity index (χ2v) is 4.84. The summed E-state index contributed by atoms with van der Waals surface area (Å²) in [5, 5.41) is 1.43. The lowest BCUT2D eigenvalue weighted by Crippen LogP contribution is -2.38. The Hall–Kier alpha value is -1.85. The Kier molecular flexibility index (Phi) is 3.71. The average molecular weight is 275 g/mol. The second kappa shape index (κ2) is 5.64. The van der Waals surface area contributed by atoms with Crippen LogP contribution >= 0.6 is 0 Å². The van der Waals surface area contributed by atoms with Gasteiger partial charge in [0.15, 0.2) is 0 Å². The van der Waals surface area contributed by atoms with E-state index in [0.29, 0.717) is 19.6 Å². The first-order chi connectivity index (χ1) is 9.78. The monoisotopic (exact) mass is 275 g/mol. The SMILES string of the molecule is COc1ccc(CO[C@H]2CC(=O)N3OCC=C[C@H]23)cc1. The quantitative estimate of drug-likeness (QED) is 0.784. The highest BCUT2D eigenvalue weighted by Crippen LogP contribution is 2.27. The van der Waals surface area contributed by atoms with Gasteiger partial charge in [-0.05, 0) is 17.7 Å². The van der Waals surface area contributed by atoms with E-state index in [-0.39, 0.29) is 18.1 Å². The van der Waals surface area contributed by atoms with E-state index in [1.807, 2.05) is 36.4 Å². The Morgan fingerprint density at radius 3 is 2.90 bits per heavy atom. The van der Waals surface area contributed by atoms with Gasteiger partial charge in [0.2, 0.25) is 5.91 Å². The predicted molar refractivity (Wildman–Crippen MR) is 71.9 cm³/mol. The minimum atomic E-state index is -0.152. The van der Waals surface area contributed by atoms with E-state index in [1.165, 1.54) is 5.06 Å². The van der Waals surface area contributed by atoms with Crippen molar-refractivity contribution in [2.24, 2.45) is 0 Å². The van der Waals surface area contributed by atoms with E-state index >= 15 is 0 Å². The van der Waals surface area contributed by atoms with Crippen LogP contribution in [0.4, 0.5) is 0 Å². The van der Waals surface area contributed by atoms with Gasteiger partial charge in [-0.2, -0.15) is 0 Å². The molecule has 1 amide bonds. The van der Waals surface area contributed by atoms with Crippen molar-refractivity contribution in [3.8, 4) is 5.75 Å². The van der Waals surface area contributed by atoms with Crippen LogP contribution < -0.4 is 4.74 Å². The van der Waals surface area contributed by atoms with Gasteiger partial charge in [-0.15, -0.1) is 0 Å². The summed E-state index contributed by atoms with van der Waals surface area (Å²) in [7, 11) is 1.64. The van der Waals surface area contributed by atoms with Gasteiger partial charge < -0.3 is 9.47 Å². The van der Waals surface area contributed by atoms with Gasteiger partial charge in [0.25, 0.3) is 0 Å². The highest BCUT2D eigenvalue weighted by molar-refractivity contribution is 5.79. The molecule has 20 heavy (non-hydrogen) atoms. The number of benzene rings is 1. The molecule has 1 fully saturated rings. The number of amides is 1. The minimum Gasteiger partial charge on any atom is -0.497 e. The van der Waals surface area contributed by atoms with Gasteiger partial charge in [0.05, 0.1) is 32.8 Å². The van der Waals surface area contributed by atoms with E-state index in [9.17, 15) is 4.79 Å². The summed E-state index contributed by atoms with van der Waals surface area (Å²) >= 11 is 0. The van der Waals surface area contributed by atoms with Gasteiger partial charge in [0, 0.05) is 0 Å². The fourth-order valence-corrected chi connectivity index (χ4v) is 2.46. The van der Waals surface area contributed by atoms with Gasteiger partial charge >= 0.3 is 0 Å². The van der Waals surface area contributed by atoms with Crippen LogP contribution in [-0.2, 0) is 21.0 Å². The number of nitrogens with zero attached hydrogens (tertiary/aromatic N) is 1.